The minimum atomic E-state index is -2.41. The smallest absolute Gasteiger partial charge is 0.410 e. The van der Waals surface area contributed by atoms with E-state index in [0.29, 0.717) is 0 Å². The highest BCUT2D eigenvalue weighted by atomic mass is 28.4. The monoisotopic (exact) mass is 597 g/mol. The fourth-order valence-electron chi connectivity index (χ4n) is 5.25. The van der Waals surface area contributed by atoms with E-state index in [1.165, 1.54) is 4.90 Å². The van der Waals surface area contributed by atoms with Crippen LogP contribution in [-0.2, 0) is 18.4 Å². The minimum Gasteiger partial charge on any atom is -0.480 e. The van der Waals surface area contributed by atoms with Gasteiger partial charge in [-0.15, -0.1) is 0 Å². The van der Waals surface area contributed by atoms with E-state index in [1.807, 2.05) is 24.3 Å². The lowest BCUT2D eigenvalue weighted by atomic mass is 9.98. The quantitative estimate of drug-likeness (QED) is 0.333. The first-order chi connectivity index (χ1) is 18.9. The summed E-state index contributed by atoms with van der Waals surface area (Å²) in [7, 11) is -4.73. The summed E-state index contributed by atoms with van der Waals surface area (Å²) in [6.07, 6.45) is -2.00. The van der Waals surface area contributed by atoms with Gasteiger partial charge in [0.2, 0.25) is 0 Å². The predicted octanol–water partition coefficient (Wildman–Crippen LogP) is 7.49. The average molecular weight is 598 g/mol. The SMILES string of the molecule is CC(C)(C)[Si](C)(C)O[C@H]1[C@H](O[Si](C)(C)C(C)(C)C)CN(C(=O)OCC2c3ccccc3-c3ccccc32)[C@H]1C(=O)O. The Hall–Kier alpha value is -2.47. The third-order valence-corrected chi connectivity index (χ3v) is 18.7. The summed E-state index contributed by atoms with van der Waals surface area (Å²) in [4.78, 5) is 27.8. The summed E-state index contributed by atoms with van der Waals surface area (Å²) < 4.78 is 19.5. The van der Waals surface area contributed by atoms with Crippen LogP contribution in [0.15, 0.2) is 48.5 Å². The first-order valence-corrected chi connectivity index (χ1v) is 20.4. The van der Waals surface area contributed by atoms with Crippen molar-refractivity contribution in [3.05, 3.63) is 59.7 Å². The van der Waals surface area contributed by atoms with Crippen molar-refractivity contribution >= 4 is 28.7 Å². The van der Waals surface area contributed by atoms with Crippen molar-refractivity contribution in [2.24, 2.45) is 0 Å². The molecule has 1 fully saturated rings. The number of carbonyl (C=O) groups is 2. The first-order valence-electron chi connectivity index (χ1n) is 14.6. The molecule has 1 aliphatic heterocycles. The van der Waals surface area contributed by atoms with Crippen LogP contribution in [0, 0.1) is 0 Å². The molecule has 2 aromatic rings. The van der Waals surface area contributed by atoms with Crippen molar-refractivity contribution in [3.63, 3.8) is 0 Å². The summed E-state index contributed by atoms with van der Waals surface area (Å²) >= 11 is 0. The Morgan fingerprint density at radius 1 is 0.829 bits per heavy atom. The van der Waals surface area contributed by atoms with Gasteiger partial charge in [0.05, 0.1) is 12.6 Å². The van der Waals surface area contributed by atoms with Crippen molar-refractivity contribution in [2.75, 3.05) is 13.2 Å². The molecule has 224 valence electrons. The van der Waals surface area contributed by atoms with Crippen LogP contribution in [0.1, 0.15) is 58.6 Å². The van der Waals surface area contributed by atoms with E-state index in [4.69, 9.17) is 13.6 Å². The first kappa shape index (κ1) is 31.5. The van der Waals surface area contributed by atoms with Gasteiger partial charge in [-0.2, -0.15) is 0 Å². The van der Waals surface area contributed by atoms with Crippen LogP contribution in [-0.4, -0.2) is 70.1 Å². The number of nitrogens with zero attached hydrogens (tertiary/aromatic N) is 1. The highest BCUT2D eigenvalue weighted by Gasteiger charge is 2.55. The van der Waals surface area contributed by atoms with E-state index in [0.717, 1.165) is 22.3 Å². The summed E-state index contributed by atoms with van der Waals surface area (Å²) in [5.41, 5.74) is 4.49. The number of ether oxygens (including phenoxy) is 1. The number of carbonyl (C=O) groups excluding carboxylic acids is 1. The van der Waals surface area contributed by atoms with Crippen LogP contribution >= 0.6 is 0 Å². The number of rotatable bonds is 7. The maximum atomic E-state index is 13.7. The molecular weight excluding hydrogens is 551 g/mol. The fraction of sp³-hybridized carbons (Fsp3) is 0.562. The highest BCUT2D eigenvalue weighted by Crippen LogP contribution is 2.45. The molecule has 2 aromatic carbocycles. The van der Waals surface area contributed by atoms with Crippen molar-refractivity contribution in [1.82, 2.24) is 4.90 Å². The van der Waals surface area contributed by atoms with Crippen LogP contribution < -0.4 is 0 Å². The molecular formula is C32H47NO6Si2. The summed E-state index contributed by atoms with van der Waals surface area (Å²) in [6.45, 7) is 21.5. The second-order valence-corrected chi connectivity index (χ2v) is 24.0. The summed E-state index contributed by atoms with van der Waals surface area (Å²) in [5.74, 6) is -1.22. The number of benzene rings is 2. The maximum Gasteiger partial charge on any atom is 0.410 e. The number of likely N-dealkylation sites (tertiary alicyclic amines) is 1. The van der Waals surface area contributed by atoms with Gasteiger partial charge in [0.15, 0.2) is 22.7 Å². The molecule has 1 heterocycles. The lowest BCUT2D eigenvalue weighted by molar-refractivity contribution is -0.144. The maximum absolute atomic E-state index is 13.7. The lowest BCUT2D eigenvalue weighted by Gasteiger charge is -2.43. The van der Waals surface area contributed by atoms with E-state index in [2.05, 4.69) is 92.0 Å². The van der Waals surface area contributed by atoms with E-state index in [1.54, 1.807) is 0 Å². The largest absolute Gasteiger partial charge is 0.480 e. The molecule has 4 rings (SSSR count). The lowest BCUT2D eigenvalue weighted by Crippen LogP contribution is -2.55. The Bertz CT molecular complexity index is 1250. The van der Waals surface area contributed by atoms with Gasteiger partial charge in [0, 0.05) is 5.92 Å². The molecule has 41 heavy (non-hydrogen) atoms. The van der Waals surface area contributed by atoms with Crippen molar-refractivity contribution in [2.45, 2.75) is 102 Å². The zero-order chi connectivity index (χ0) is 30.5. The van der Waals surface area contributed by atoms with Gasteiger partial charge in [0.25, 0.3) is 0 Å². The molecule has 7 nitrogen and oxygen atoms in total. The third kappa shape index (κ3) is 6.05. The van der Waals surface area contributed by atoms with Gasteiger partial charge >= 0.3 is 12.1 Å². The van der Waals surface area contributed by atoms with E-state index < -0.39 is 46.9 Å². The molecule has 1 aliphatic carbocycles. The second kappa shape index (κ2) is 11.0. The van der Waals surface area contributed by atoms with E-state index >= 15 is 0 Å². The Kier molecular flexibility index (Phi) is 8.43. The Labute approximate surface area is 247 Å². The zero-order valence-corrected chi connectivity index (χ0v) is 28.3. The molecule has 1 saturated heterocycles. The summed E-state index contributed by atoms with van der Waals surface area (Å²) in [5, 5.41) is 10.2. The fourth-order valence-corrected chi connectivity index (χ4v) is 7.88. The summed E-state index contributed by atoms with van der Waals surface area (Å²) in [6, 6.07) is 15.1. The van der Waals surface area contributed by atoms with Crippen molar-refractivity contribution in [3.8, 4) is 11.1 Å². The second-order valence-electron chi connectivity index (χ2n) is 14.5. The predicted molar refractivity (Wildman–Crippen MR) is 167 cm³/mol. The average Bonchev–Trinajstić information content (AvgIpc) is 3.36. The van der Waals surface area contributed by atoms with Crippen LogP contribution in [0.4, 0.5) is 4.79 Å². The number of fused-ring (bicyclic) bond motifs is 3. The molecule has 2 aliphatic rings. The highest BCUT2D eigenvalue weighted by molar-refractivity contribution is 6.74. The van der Waals surface area contributed by atoms with Crippen LogP contribution in [0.5, 0.6) is 0 Å². The molecule has 9 heteroatoms. The molecule has 1 N–H and O–H groups in total. The Morgan fingerprint density at radius 3 is 1.76 bits per heavy atom. The normalized spacial score (nSPS) is 21.5. The third-order valence-electron chi connectivity index (χ3n) is 9.70. The molecule has 1 amide bonds. The Balaban J connectivity index is 1.62. The van der Waals surface area contributed by atoms with E-state index in [9.17, 15) is 14.7 Å². The number of amides is 1. The molecule has 0 saturated carbocycles. The Morgan fingerprint density at radius 2 is 1.29 bits per heavy atom. The van der Waals surface area contributed by atoms with Crippen LogP contribution in [0.3, 0.4) is 0 Å². The molecule has 0 aromatic heterocycles. The number of carboxylic acid groups (broad SMARTS) is 1. The topological polar surface area (TPSA) is 85.3 Å². The molecule has 0 bridgehead atoms. The van der Waals surface area contributed by atoms with Gasteiger partial charge in [0.1, 0.15) is 12.7 Å². The van der Waals surface area contributed by atoms with Crippen LogP contribution in [0.2, 0.25) is 36.3 Å². The van der Waals surface area contributed by atoms with Crippen molar-refractivity contribution < 1.29 is 28.3 Å². The number of hydrogen-bond donors (Lipinski definition) is 1. The van der Waals surface area contributed by atoms with Crippen molar-refractivity contribution in [1.29, 1.82) is 0 Å². The molecule has 0 radical (unpaired) electrons. The van der Waals surface area contributed by atoms with Gasteiger partial charge in [-0.3, -0.25) is 4.90 Å². The number of aliphatic carboxylic acids is 1. The van der Waals surface area contributed by atoms with Crippen LogP contribution in [0.25, 0.3) is 11.1 Å². The number of hydrogen-bond acceptors (Lipinski definition) is 5. The van der Waals surface area contributed by atoms with E-state index in [-0.39, 0.29) is 29.1 Å². The minimum absolute atomic E-state index is 0.0928. The number of carboxylic acids is 1. The van der Waals surface area contributed by atoms with Gasteiger partial charge in [-0.05, 0) is 58.5 Å². The zero-order valence-electron chi connectivity index (χ0n) is 26.3. The molecule has 0 spiro atoms. The molecule has 3 atom stereocenters. The molecule has 0 unspecified atom stereocenters. The van der Waals surface area contributed by atoms with Gasteiger partial charge in [-0.25, -0.2) is 9.59 Å². The standard InChI is InChI=1S/C32H47NO6Si2/c1-31(2,3)40(7,8)38-26-19-33(27(29(34)35)28(26)39-41(9,10)32(4,5)6)30(36)37-20-25-23-17-13-11-15-21(23)22-16-12-14-18-24(22)25/h11-18,25-28H,19-20H2,1-10H3,(H,34,35)/t26-,27-,28+/m1/s1. The van der Waals surface area contributed by atoms with Gasteiger partial charge in [-0.1, -0.05) is 90.1 Å². The van der Waals surface area contributed by atoms with Gasteiger partial charge < -0.3 is 18.7 Å².